The molecule has 0 aliphatic rings. The molecule has 0 aromatic heterocycles. The molecule has 44 valence electrons. The van der Waals surface area contributed by atoms with Crippen LogP contribution in [-0.4, -0.2) is 106 Å². The molecule has 8 heteroatoms. The molecule has 0 saturated carbocycles. The van der Waals surface area contributed by atoms with Crippen molar-refractivity contribution in [2.45, 2.75) is 0 Å². The Balaban J connectivity index is -0.0000000750. The second kappa shape index (κ2) is 10.5. The third-order valence-corrected chi connectivity index (χ3v) is 0. The second-order valence-corrected chi connectivity index (χ2v) is 1.54. The normalized spacial score (nSPS) is 8.25. The number of phosphoric acid groups is 1. The summed E-state index contributed by atoms with van der Waals surface area (Å²) in [5, 5.41) is 0. The number of hydrogen-bond donors (Lipinski definition) is 3. The van der Waals surface area contributed by atoms with Gasteiger partial charge in [0.25, 0.3) is 0 Å². The summed E-state index contributed by atoms with van der Waals surface area (Å²) in [6, 6.07) is 0. The zero-order valence-corrected chi connectivity index (χ0v) is 10.1. The molecule has 0 spiro atoms. The Morgan fingerprint density at radius 2 is 1.25 bits per heavy atom. The fourth-order valence-electron chi connectivity index (χ4n) is 0. The van der Waals surface area contributed by atoms with Crippen LogP contribution < -0.4 is 0 Å². The first kappa shape index (κ1) is 17.5. The molecule has 0 amide bonds. The summed E-state index contributed by atoms with van der Waals surface area (Å²) < 4.78 is 13.7. The third kappa shape index (κ3) is 56.5. The molecule has 0 aromatic carbocycles. The van der Waals surface area contributed by atoms with Gasteiger partial charge < -0.3 is 14.7 Å². The third-order valence-electron chi connectivity index (χ3n) is 0. The van der Waals surface area contributed by atoms with E-state index in [9.17, 15) is 0 Å². The monoisotopic (exact) mass is 260 g/mol. The maximum atomic E-state index is 8.88. The van der Waals surface area contributed by atoms with Crippen molar-refractivity contribution >= 4 is 102 Å². The SMILES string of the molecule is O=P(O)(O)O.[CaH2].[Cl][Rb]. The van der Waals surface area contributed by atoms with Gasteiger partial charge in [0.1, 0.15) is 0 Å². The van der Waals surface area contributed by atoms with E-state index in [0.717, 1.165) is 0 Å². The number of rotatable bonds is 0. The van der Waals surface area contributed by atoms with Gasteiger partial charge in [0.2, 0.25) is 0 Å². The van der Waals surface area contributed by atoms with Crippen molar-refractivity contribution in [1.29, 1.82) is 0 Å². The molecule has 0 aromatic rings. The average Bonchev–Trinajstić information content (AvgIpc) is 1.36. The molecule has 3 N–H and O–H groups in total. The molecule has 0 rings (SSSR count). The number of hydrogen-bond acceptors (Lipinski definition) is 1. The molecule has 0 atom stereocenters. The predicted molar refractivity (Wildman–Crippen MR) is 34.4 cm³/mol. The van der Waals surface area contributed by atoms with E-state index in [0.29, 0.717) is 53.6 Å². The van der Waals surface area contributed by atoms with Gasteiger partial charge in [-0.25, -0.2) is 4.57 Å². The van der Waals surface area contributed by atoms with Gasteiger partial charge in [-0.3, -0.25) is 0 Å². The maximum absolute atomic E-state index is 8.88. The molecule has 0 fully saturated rings. The summed E-state index contributed by atoms with van der Waals surface area (Å²) in [5.41, 5.74) is 0. The Labute approximate surface area is 117 Å². The topological polar surface area (TPSA) is 77.8 Å². The molecular weight excluding hydrogens is 256 g/mol. The molecule has 0 saturated heterocycles. The van der Waals surface area contributed by atoms with Crippen molar-refractivity contribution in [2.75, 3.05) is 0 Å². The molecule has 0 unspecified atom stereocenters. The van der Waals surface area contributed by atoms with Gasteiger partial charge in [-0.2, -0.15) is 0 Å². The van der Waals surface area contributed by atoms with E-state index in [2.05, 4.69) is 0 Å². The first-order valence-corrected chi connectivity index (χ1v) is 9.06. The van der Waals surface area contributed by atoms with E-state index >= 15 is 0 Å². The van der Waals surface area contributed by atoms with Crippen LogP contribution in [0.4, 0.5) is 0 Å². The van der Waals surface area contributed by atoms with E-state index in [4.69, 9.17) is 21.7 Å². The van der Waals surface area contributed by atoms with Crippen LogP contribution in [0.3, 0.4) is 0 Å². The minimum atomic E-state index is -4.64. The van der Waals surface area contributed by atoms with Gasteiger partial charge in [0.05, 0.1) is 0 Å². The molecular formula is H5CaClO4PRb. The standard InChI is InChI=1S/Ca.ClH.H3O4P.Rb.2H/c;;1-5(2,3)4;;;/h;1H;(H3,1,2,3,4);;;/q;;;+1;;/p-1. The quantitative estimate of drug-likeness (QED) is 0.365. The Morgan fingerprint density at radius 1 is 1.25 bits per heavy atom. The molecule has 0 radical (unpaired) electrons. The zero-order chi connectivity index (χ0) is 6.50. The first-order valence-electron chi connectivity index (χ1n) is 1.16. The van der Waals surface area contributed by atoms with E-state index in [1.807, 2.05) is 0 Å². The molecule has 4 nitrogen and oxygen atoms in total. The fraction of sp³-hybridized carbons (Fsp3) is 0. The first-order chi connectivity index (χ1) is 3.00. The van der Waals surface area contributed by atoms with E-state index in [-0.39, 0.29) is 37.7 Å². The Hall–Kier alpha value is 3.46. The van der Waals surface area contributed by atoms with Crippen molar-refractivity contribution in [3.05, 3.63) is 0 Å². The zero-order valence-electron chi connectivity index (χ0n) is 3.58. The van der Waals surface area contributed by atoms with Gasteiger partial charge in [0, 0.05) is 0 Å². The average molecular weight is 261 g/mol. The van der Waals surface area contributed by atoms with Gasteiger partial charge in [-0.15, -0.1) is 0 Å². The van der Waals surface area contributed by atoms with Crippen molar-refractivity contribution in [1.82, 2.24) is 0 Å². The summed E-state index contributed by atoms with van der Waals surface area (Å²) in [5.74, 6) is 0. The van der Waals surface area contributed by atoms with Crippen LogP contribution >= 0.6 is 10.2 Å². The Morgan fingerprint density at radius 3 is 1.25 bits per heavy atom. The second-order valence-electron chi connectivity index (χ2n) is 0.513. The van der Waals surface area contributed by atoms with Crippen LogP contribution in [0, 0.1) is 0 Å². The summed E-state index contributed by atoms with van der Waals surface area (Å²) in [6.07, 6.45) is 0. The van der Waals surface area contributed by atoms with Crippen molar-refractivity contribution in [2.24, 2.45) is 0 Å². The van der Waals surface area contributed by atoms with Crippen LogP contribution in [0.1, 0.15) is 0 Å². The Kier molecular flexibility index (Phi) is 22.9. The van der Waals surface area contributed by atoms with Gasteiger partial charge in [-0.05, 0) is 0 Å². The van der Waals surface area contributed by atoms with E-state index in [1.54, 1.807) is 0 Å². The van der Waals surface area contributed by atoms with Crippen LogP contribution in [-0.2, 0) is 4.57 Å². The van der Waals surface area contributed by atoms with E-state index < -0.39 is 7.82 Å². The Bertz CT molecular complexity index is 62.2. The predicted octanol–water partition coefficient (Wildman–Crippen LogP) is -1.54. The van der Waals surface area contributed by atoms with Gasteiger partial charge in [0.15, 0.2) is 0 Å². The fourth-order valence-corrected chi connectivity index (χ4v) is 0. The van der Waals surface area contributed by atoms with Gasteiger partial charge >= 0.3 is 102 Å². The summed E-state index contributed by atoms with van der Waals surface area (Å²) in [7, 11) is -4.64. The van der Waals surface area contributed by atoms with Crippen molar-refractivity contribution in [3.8, 4) is 0 Å². The van der Waals surface area contributed by atoms with Crippen LogP contribution in [0.5, 0.6) is 0 Å². The van der Waals surface area contributed by atoms with E-state index in [1.165, 1.54) is 0 Å². The van der Waals surface area contributed by atoms with Crippen LogP contribution in [0.15, 0.2) is 0 Å². The van der Waals surface area contributed by atoms with Crippen LogP contribution in [0.2, 0.25) is 0 Å². The molecule has 0 bridgehead atoms. The van der Waals surface area contributed by atoms with Crippen LogP contribution in [0.25, 0.3) is 0 Å². The molecule has 0 aliphatic carbocycles. The summed E-state index contributed by atoms with van der Waals surface area (Å²) in [4.78, 5) is 21.6. The number of halogens is 1. The van der Waals surface area contributed by atoms with Crippen molar-refractivity contribution < 1.29 is 19.2 Å². The summed E-state index contributed by atoms with van der Waals surface area (Å²) >= 11 is 0.422. The molecule has 0 aliphatic heterocycles. The van der Waals surface area contributed by atoms with Crippen molar-refractivity contribution in [3.63, 3.8) is 0 Å². The minimum absolute atomic E-state index is 0. The summed E-state index contributed by atoms with van der Waals surface area (Å²) in [6.45, 7) is 0. The molecule has 8 heavy (non-hydrogen) atoms. The van der Waals surface area contributed by atoms with Gasteiger partial charge in [-0.1, -0.05) is 0 Å². The molecule has 0 heterocycles.